The van der Waals surface area contributed by atoms with Crippen molar-refractivity contribution < 1.29 is 4.79 Å². The van der Waals surface area contributed by atoms with Crippen LogP contribution in [0.5, 0.6) is 0 Å². The Morgan fingerprint density at radius 3 is 3.00 bits per heavy atom. The molecule has 68 valence electrons. The first-order valence-electron chi connectivity index (χ1n) is 4.93. The summed E-state index contributed by atoms with van der Waals surface area (Å²) < 4.78 is 0. The van der Waals surface area contributed by atoms with E-state index in [0.717, 1.165) is 25.7 Å². The number of allylic oxidation sites excluding steroid dienone is 1. The van der Waals surface area contributed by atoms with Gasteiger partial charge in [-0.3, -0.25) is 4.79 Å². The summed E-state index contributed by atoms with van der Waals surface area (Å²) in [7, 11) is 0. The van der Waals surface area contributed by atoms with Gasteiger partial charge in [0.25, 0.3) is 0 Å². The lowest BCUT2D eigenvalue weighted by molar-refractivity contribution is -0.126. The van der Waals surface area contributed by atoms with Gasteiger partial charge in [-0.15, -0.1) is 6.58 Å². The SMILES string of the molecule is C=CCC1C(=O)CCC[C@@H]1CC. The quantitative estimate of drug-likeness (QED) is 0.589. The normalized spacial score (nSPS) is 30.2. The second-order valence-corrected chi connectivity index (χ2v) is 3.66. The van der Waals surface area contributed by atoms with Crippen LogP contribution >= 0.6 is 0 Å². The maximum Gasteiger partial charge on any atom is 0.136 e. The molecule has 0 N–H and O–H groups in total. The molecule has 1 unspecified atom stereocenters. The Kier molecular flexibility index (Phi) is 3.51. The second kappa shape index (κ2) is 4.44. The van der Waals surface area contributed by atoms with Gasteiger partial charge in [0.1, 0.15) is 5.78 Å². The summed E-state index contributed by atoms with van der Waals surface area (Å²) >= 11 is 0. The predicted molar refractivity (Wildman–Crippen MR) is 50.9 cm³/mol. The third kappa shape index (κ3) is 1.96. The van der Waals surface area contributed by atoms with E-state index in [-0.39, 0.29) is 0 Å². The minimum Gasteiger partial charge on any atom is -0.299 e. The Hall–Kier alpha value is -0.590. The van der Waals surface area contributed by atoms with Gasteiger partial charge in [-0.25, -0.2) is 0 Å². The summed E-state index contributed by atoms with van der Waals surface area (Å²) in [6, 6.07) is 0. The second-order valence-electron chi connectivity index (χ2n) is 3.66. The molecule has 0 radical (unpaired) electrons. The van der Waals surface area contributed by atoms with Crippen molar-refractivity contribution in [2.75, 3.05) is 0 Å². The highest BCUT2D eigenvalue weighted by Gasteiger charge is 2.28. The fourth-order valence-corrected chi connectivity index (χ4v) is 2.18. The minimum atomic E-state index is 0.293. The van der Waals surface area contributed by atoms with E-state index in [1.807, 2.05) is 6.08 Å². The molecule has 1 aliphatic carbocycles. The molecule has 0 bridgehead atoms. The zero-order valence-corrected chi connectivity index (χ0v) is 7.88. The molecule has 0 aliphatic heterocycles. The molecule has 0 aromatic carbocycles. The van der Waals surface area contributed by atoms with Crippen molar-refractivity contribution in [3.05, 3.63) is 12.7 Å². The van der Waals surface area contributed by atoms with E-state index >= 15 is 0 Å². The Morgan fingerprint density at radius 1 is 1.67 bits per heavy atom. The Bertz CT molecular complexity index is 172. The summed E-state index contributed by atoms with van der Waals surface area (Å²) in [6.45, 7) is 5.89. The van der Waals surface area contributed by atoms with Crippen LogP contribution in [0.15, 0.2) is 12.7 Å². The van der Waals surface area contributed by atoms with Crippen LogP contribution in [0.25, 0.3) is 0 Å². The number of Topliss-reactive ketones (excluding diaryl/α,β-unsaturated/α-hetero) is 1. The number of carbonyl (C=O) groups is 1. The fraction of sp³-hybridized carbons (Fsp3) is 0.727. The Morgan fingerprint density at radius 2 is 2.42 bits per heavy atom. The van der Waals surface area contributed by atoms with Gasteiger partial charge in [0, 0.05) is 12.3 Å². The summed E-state index contributed by atoms with van der Waals surface area (Å²) in [4.78, 5) is 11.5. The van der Waals surface area contributed by atoms with Crippen molar-refractivity contribution >= 4 is 5.78 Å². The third-order valence-corrected chi connectivity index (χ3v) is 2.93. The summed E-state index contributed by atoms with van der Waals surface area (Å²) in [5, 5.41) is 0. The van der Waals surface area contributed by atoms with Crippen molar-refractivity contribution in [3.63, 3.8) is 0 Å². The zero-order valence-electron chi connectivity index (χ0n) is 7.88. The first-order valence-corrected chi connectivity index (χ1v) is 4.93. The molecule has 0 aromatic rings. The first-order chi connectivity index (χ1) is 5.79. The van der Waals surface area contributed by atoms with Gasteiger partial charge in [0.05, 0.1) is 0 Å². The van der Waals surface area contributed by atoms with Crippen LogP contribution in [0.3, 0.4) is 0 Å². The van der Waals surface area contributed by atoms with Gasteiger partial charge >= 0.3 is 0 Å². The average molecular weight is 166 g/mol. The van der Waals surface area contributed by atoms with Crippen LogP contribution in [0.4, 0.5) is 0 Å². The molecule has 0 spiro atoms. The van der Waals surface area contributed by atoms with Gasteiger partial charge in [-0.2, -0.15) is 0 Å². The van der Waals surface area contributed by atoms with Crippen molar-refractivity contribution in [2.24, 2.45) is 11.8 Å². The molecule has 1 rings (SSSR count). The predicted octanol–water partition coefficient (Wildman–Crippen LogP) is 2.96. The van der Waals surface area contributed by atoms with Crippen LogP contribution in [0.1, 0.15) is 39.0 Å². The summed E-state index contributed by atoms with van der Waals surface area (Å²) in [6.07, 6.45) is 7.05. The third-order valence-electron chi connectivity index (χ3n) is 2.93. The summed E-state index contributed by atoms with van der Waals surface area (Å²) in [5.74, 6) is 1.39. The van der Waals surface area contributed by atoms with Gasteiger partial charge < -0.3 is 0 Å². The lowest BCUT2D eigenvalue weighted by Gasteiger charge is -2.28. The fourth-order valence-electron chi connectivity index (χ4n) is 2.18. The number of hydrogen-bond donors (Lipinski definition) is 0. The Labute approximate surface area is 74.9 Å². The van der Waals surface area contributed by atoms with Crippen molar-refractivity contribution in [3.8, 4) is 0 Å². The van der Waals surface area contributed by atoms with E-state index in [0.29, 0.717) is 17.6 Å². The topological polar surface area (TPSA) is 17.1 Å². The molecule has 1 nitrogen and oxygen atoms in total. The number of rotatable bonds is 3. The van der Waals surface area contributed by atoms with E-state index < -0.39 is 0 Å². The molecule has 0 amide bonds. The van der Waals surface area contributed by atoms with Crippen LogP contribution in [-0.4, -0.2) is 5.78 Å². The van der Waals surface area contributed by atoms with Crippen LogP contribution in [-0.2, 0) is 4.79 Å². The minimum absolute atomic E-state index is 0.293. The molecule has 1 saturated carbocycles. The van der Waals surface area contributed by atoms with E-state index in [4.69, 9.17) is 0 Å². The molecule has 0 aromatic heterocycles. The highest BCUT2D eigenvalue weighted by Crippen LogP contribution is 2.31. The maximum atomic E-state index is 11.5. The van der Waals surface area contributed by atoms with Crippen molar-refractivity contribution in [1.29, 1.82) is 0 Å². The smallest absolute Gasteiger partial charge is 0.136 e. The maximum absolute atomic E-state index is 11.5. The molecule has 1 fully saturated rings. The van der Waals surface area contributed by atoms with Gasteiger partial charge in [-0.05, 0) is 25.2 Å². The monoisotopic (exact) mass is 166 g/mol. The van der Waals surface area contributed by atoms with Crippen LogP contribution < -0.4 is 0 Å². The highest BCUT2D eigenvalue weighted by atomic mass is 16.1. The van der Waals surface area contributed by atoms with Gasteiger partial charge in [0.2, 0.25) is 0 Å². The first kappa shape index (κ1) is 9.50. The lowest BCUT2D eigenvalue weighted by Crippen LogP contribution is -2.27. The standard InChI is InChI=1S/C11H18O/c1-3-6-10-9(4-2)7-5-8-11(10)12/h3,9-10H,1,4-8H2,2H3/t9-,10?/m0/s1. The van der Waals surface area contributed by atoms with E-state index in [1.54, 1.807) is 0 Å². The van der Waals surface area contributed by atoms with E-state index in [9.17, 15) is 4.79 Å². The van der Waals surface area contributed by atoms with E-state index in [1.165, 1.54) is 6.42 Å². The number of ketones is 1. The molecular formula is C11H18O. The van der Waals surface area contributed by atoms with Crippen molar-refractivity contribution in [1.82, 2.24) is 0 Å². The van der Waals surface area contributed by atoms with E-state index in [2.05, 4.69) is 13.5 Å². The zero-order chi connectivity index (χ0) is 8.97. The van der Waals surface area contributed by atoms with Gasteiger partial charge in [0.15, 0.2) is 0 Å². The molecule has 2 atom stereocenters. The van der Waals surface area contributed by atoms with Gasteiger partial charge in [-0.1, -0.05) is 19.4 Å². The molecule has 0 saturated heterocycles. The number of carbonyl (C=O) groups excluding carboxylic acids is 1. The molecule has 0 heterocycles. The highest BCUT2D eigenvalue weighted by molar-refractivity contribution is 5.82. The molecule has 12 heavy (non-hydrogen) atoms. The van der Waals surface area contributed by atoms with Crippen LogP contribution in [0, 0.1) is 11.8 Å². The largest absolute Gasteiger partial charge is 0.299 e. The number of hydrogen-bond acceptors (Lipinski definition) is 1. The molecular weight excluding hydrogens is 148 g/mol. The van der Waals surface area contributed by atoms with Crippen molar-refractivity contribution in [2.45, 2.75) is 39.0 Å². The molecule has 1 aliphatic rings. The Balaban J connectivity index is 2.58. The average Bonchev–Trinajstić information content (AvgIpc) is 2.09. The summed E-state index contributed by atoms with van der Waals surface area (Å²) in [5.41, 5.74) is 0. The molecule has 1 heteroatoms. The van der Waals surface area contributed by atoms with Crippen LogP contribution in [0.2, 0.25) is 0 Å². The lowest BCUT2D eigenvalue weighted by atomic mass is 9.75.